The maximum Gasteiger partial charge on any atom is 0.308 e. The van der Waals surface area contributed by atoms with Crippen LogP contribution in [-0.4, -0.2) is 34.6 Å². The number of benzene rings is 1. The Kier molecular flexibility index (Phi) is 5.27. The third kappa shape index (κ3) is 3.72. The van der Waals surface area contributed by atoms with E-state index in [1.54, 1.807) is 13.3 Å². The first-order chi connectivity index (χ1) is 12.4. The van der Waals surface area contributed by atoms with E-state index in [1.165, 1.54) is 11.3 Å². The van der Waals surface area contributed by atoms with Gasteiger partial charge in [0.2, 0.25) is 0 Å². The van der Waals surface area contributed by atoms with Crippen LogP contribution in [0, 0.1) is 5.92 Å². The van der Waals surface area contributed by atoms with Gasteiger partial charge in [0.05, 0.1) is 24.8 Å². The molecule has 1 saturated carbocycles. The number of aromatic nitrogens is 1. The van der Waals surface area contributed by atoms with E-state index in [0.717, 1.165) is 29.2 Å². The van der Waals surface area contributed by atoms with Crippen LogP contribution in [0.2, 0.25) is 0 Å². The number of ether oxygens (including phenoxy) is 1. The molecule has 1 aliphatic carbocycles. The Bertz CT molecular complexity index is 802. The van der Waals surface area contributed by atoms with Crippen LogP contribution in [0.1, 0.15) is 42.3 Å². The normalized spacial score (nSPS) is 22.6. The number of rotatable bonds is 5. The van der Waals surface area contributed by atoms with Crippen molar-refractivity contribution >= 4 is 23.2 Å². The molecule has 138 valence electrons. The standard InChI is InChI=1S/C19H22N2O4S/c1-19(10-4-3-5-14(19)18(23)24)21-16(22)15-11-20-17(26-15)12-6-8-13(25-2)9-7-12/h6-9,11,14H,3-5,10H2,1-2H3,(H,21,22)(H,23,24). The number of nitrogens with one attached hydrogen (secondary N) is 1. The van der Waals surface area contributed by atoms with Crippen LogP contribution in [0.4, 0.5) is 0 Å². The molecule has 0 bridgehead atoms. The Labute approximate surface area is 156 Å². The van der Waals surface area contributed by atoms with E-state index in [2.05, 4.69) is 10.3 Å². The van der Waals surface area contributed by atoms with Crippen molar-refractivity contribution in [2.75, 3.05) is 7.11 Å². The zero-order valence-electron chi connectivity index (χ0n) is 14.8. The maximum absolute atomic E-state index is 12.7. The molecule has 3 rings (SSSR count). The summed E-state index contributed by atoms with van der Waals surface area (Å²) in [7, 11) is 1.61. The third-order valence-electron chi connectivity index (χ3n) is 4.97. The fraction of sp³-hybridized carbons (Fsp3) is 0.421. The average molecular weight is 374 g/mol. The molecule has 6 nitrogen and oxygen atoms in total. The maximum atomic E-state index is 12.7. The van der Waals surface area contributed by atoms with Gasteiger partial charge in [-0.05, 0) is 44.0 Å². The molecule has 2 N–H and O–H groups in total. The smallest absolute Gasteiger partial charge is 0.308 e. The first-order valence-corrected chi connectivity index (χ1v) is 9.40. The molecule has 1 aliphatic rings. The first kappa shape index (κ1) is 18.4. The Morgan fingerprint density at radius 2 is 2.04 bits per heavy atom. The summed E-state index contributed by atoms with van der Waals surface area (Å²) < 4.78 is 5.14. The summed E-state index contributed by atoms with van der Waals surface area (Å²) in [5, 5.41) is 13.2. The van der Waals surface area contributed by atoms with E-state index in [9.17, 15) is 14.7 Å². The van der Waals surface area contributed by atoms with Crippen molar-refractivity contribution < 1.29 is 19.4 Å². The van der Waals surface area contributed by atoms with Gasteiger partial charge in [-0.25, -0.2) is 4.98 Å². The van der Waals surface area contributed by atoms with Crippen molar-refractivity contribution in [3.05, 3.63) is 35.3 Å². The number of aliphatic carboxylic acids is 1. The third-order valence-corrected chi connectivity index (χ3v) is 6.02. The minimum atomic E-state index is -0.851. The van der Waals surface area contributed by atoms with Gasteiger partial charge in [-0.15, -0.1) is 11.3 Å². The number of carbonyl (C=O) groups excluding carboxylic acids is 1. The number of hydrogen-bond donors (Lipinski definition) is 2. The SMILES string of the molecule is COc1ccc(-c2ncc(C(=O)NC3(C)CCCCC3C(=O)O)s2)cc1. The van der Waals surface area contributed by atoms with Crippen LogP contribution in [0.3, 0.4) is 0 Å². The van der Waals surface area contributed by atoms with Gasteiger partial charge in [0.15, 0.2) is 0 Å². The lowest BCUT2D eigenvalue weighted by Crippen LogP contribution is -2.55. The lowest BCUT2D eigenvalue weighted by molar-refractivity contribution is -0.145. The van der Waals surface area contributed by atoms with Crippen LogP contribution in [0.15, 0.2) is 30.5 Å². The monoisotopic (exact) mass is 374 g/mol. The Morgan fingerprint density at radius 3 is 2.69 bits per heavy atom. The van der Waals surface area contributed by atoms with Crippen molar-refractivity contribution in [3.63, 3.8) is 0 Å². The summed E-state index contributed by atoms with van der Waals surface area (Å²) in [6.45, 7) is 1.83. The van der Waals surface area contributed by atoms with Gasteiger partial charge in [0.25, 0.3) is 5.91 Å². The van der Waals surface area contributed by atoms with Gasteiger partial charge in [-0.3, -0.25) is 9.59 Å². The predicted octanol–water partition coefficient (Wildman–Crippen LogP) is 3.58. The van der Waals surface area contributed by atoms with Crippen LogP contribution in [0.5, 0.6) is 5.75 Å². The molecular formula is C19H22N2O4S. The van der Waals surface area contributed by atoms with Crippen LogP contribution in [0.25, 0.3) is 10.6 Å². The number of hydrogen-bond acceptors (Lipinski definition) is 5. The lowest BCUT2D eigenvalue weighted by atomic mass is 9.74. The molecule has 0 saturated heterocycles. The molecule has 0 aliphatic heterocycles. The van der Waals surface area contributed by atoms with Gasteiger partial charge in [-0.1, -0.05) is 12.8 Å². The van der Waals surface area contributed by atoms with Gasteiger partial charge < -0.3 is 15.2 Å². The number of nitrogens with zero attached hydrogens (tertiary/aromatic N) is 1. The minimum Gasteiger partial charge on any atom is -0.497 e. The molecule has 0 radical (unpaired) electrons. The summed E-state index contributed by atoms with van der Waals surface area (Å²) >= 11 is 1.29. The molecule has 0 spiro atoms. The number of thiazole rings is 1. The molecule has 1 amide bonds. The molecule has 1 aromatic heterocycles. The summed E-state index contributed by atoms with van der Waals surface area (Å²) in [4.78, 5) is 29.0. The van der Waals surface area contributed by atoms with E-state index in [-0.39, 0.29) is 5.91 Å². The topological polar surface area (TPSA) is 88.5 Å². The number of carboxylic acid groups (broad SMARTS) is 1. The molecule has 1 aromatic carbocycles. The summed E-state index contributed by atoms with van der Waals surface area (Å²) in [6, 6.07) is 7.47. The predicted molar refractivity (Wildman–Crippen MR) is 99.6 cm³/mol. The van der Waals surface area contributed by atoms with E-state index in [0.29, 0.717) is 17.7 Å². The van der Waals surface area contributed by atoms with Crippen LogP contribution < -0.4 is 10.1 Å². The van der Waals surface area contributed by atoms with Crippen molar-refractivity contribution in [2.45, 2.75) is 38.1 Å². The minimum absolute atomic E-state index is 0.266. The number of carbonyl (C=O) groups is 2. The molecule has 7 heteroatoms. The molecule has 26 heavy (non-hydrogen) atoms. The quantitative estimate of drug-likeness (QED) is 0.835. The molecule has 2 unspecified atom stereocenters. The second-order valence-corrected chi connectivity index (χ2v) is 7.80. The average Bonchev–Trinajstić information content (AvgIpc) is 3.12. The number of carboxylic acids is 1. The molecule has 1 heterocycles. The van der Waals surface area contributed by atoms with E-state index >= 15 is 0 Å². The largest absolute Gasteiger partial charge is 0.497 e. The summed E-state index contributed by atoms with van der Waals surface area (Å²) in [5.74, 6) is -0.920. The zero-order chi connectivity index (χ0) is 18.7. The Hall–Kier alpha value is -2.41. The van der Waals surface area contributed by atoms with Gasteiger partial charge in [0.1, 0.15) is 15.6 Å². The van der Waals surface area contributed by atoms with Crippen LogP contribution >= 0.6 is 11.3 Å². The second kappa shape index (κ2) is 7.45. The highest BCUT2D eigenvalue weighted by atomic mass is 32.1. The van der Waals surface area contributed by atoms with Crippen molar-refractivity contribution in [1.82, 2.24) is 10.3 Å². The van der Waals surface area contributed by atoms with E-state index in [4.69, 9.17) is 4.74 Å². The van der Waals surface area contributed by atoms with Gasteiger partial charge in [-0.2, -0.15) is 0 Å². The van der Waals surface area contributed by atoms with Crippen molar-refractivity contribution in [1.29, 1.82) is 0 Å². The molecular weight excluding hydrogens is 352 g/mol. The highest BCUT2D eigenvalue weighted by molar-refractivity contribution is 7.16. The highest BCUT2D eigenvalue weighted by Crippen LogP contribution is 2.35. The highest BCUT2D eigenvalue weighted by Gasteiger charge is 2.42. The fourth-order valence-electron chi connectivity index (χ4n) is 3.45. The summed E-state index contributed by atoms with van der Waals surface area (Å²) in [5.41, 5.74) is 0.174. The van der Waals surface area contributed by atoms with Gasteiger partial charge >= 0.3 is 5.97 Å². The van der Waals surface area contributed by atoms with Crippen molar-refractivity contribution in [2.24, 2.45) is 5.92 Å². The van der Waals surface area contributed by atoms with Crippen LogP contribution in [-0.2, 0) is 4.79 Å². The number of methoxy groups -OCH3 is 1. The molecule has 2 atom stereocenters. The summed E-state index contributed by atoms with van der Waals surface area (Å²) in [6.07, 6.45) is 4.60. The Morgan fingerprint density at radius 1 is 1.31 bits per heavy atom. The lowest BCUT2D eigenvalue weighted by Gasteiger charge is -2.39. The first-order valence-electron chi connectivity index (χ1n) is 8.58. The van der Waals surface area contributed by atoms with E-state index in [1.807, 2.05) is 31.2 Å². The van der Waals surface area contributed by atoms with E-state index < -0.39 is 17.4 Å². The Balaban J connectivity index is 1.76. The number of amides is 1. The zero-order valence-corrected chi connectivity index (χ0v) is 15.6. The van der Waals surface area contributed by atoms with Crippen molar-refractivity contribution in [3.8, 4) is 16.3 Å². The molecule has 2 aromatic rings. The second-order valence-electron chi connectivity index (χ2n) is 6.77. The van der Waals surface area contributed by atoms with Gasteiger partial charge in [0, 0.05) is 5.56 Å². The molecule has 1 fully saturated rings. The fourth-order valence-corrected chi connectivity index (χ4v) is 4.26.